The summed E-state index contributed by atoms with van der Waals surface area (Å²) in [5, 5.41) is 0. The van der Waals surface area contributed by atoms with Crippen LogP contribution < -0.4 is 0 Å². The average molecular weight is 372 g/mol. The fraction of sp³-hybridized carbons (Fsp3) is 0.524. The number of amides is 2. The Labute approximate surface area is 160 Å². The second-order valence-corrected chi connectivity index (χ2v) is 8.10. The van der Waals surface area contributed by atoms with Crippen molar-refractivity contribution in [1.82, 2.24) is 9.80 Å². The molecule has 0 aromatic heterocycles. The van der Waals surface area contributed by atoms with E-state index in [1.54, 1.807) is 15.9 Å². The maximum atomic E-state index is 12.8. The molecule has 0 radical (unpaired) electrons. The molecular weight excluding hydrogens is 344 g/mol. The number of carbonyl (C=O) groups is 2. The third-order valence-corrected chi connectivity index (χ3v) is 5.00. The van der Waals surface area contributed by atoms with Crippen LogP contribution in [0.25, 0.3) is 0 Å². The van der Waals surface area contributed by atoms with Gasteiger partial charge in [-0.15, -0.1) is 6.58 Å². The van der Waals surface area contributed by atoms with Gasteiger partial charge in [0.25, 0.3) is 0 Å². The molecule has 0 saturated carbocycles. The molecule has 3 heterocycles. The first-order valence-electron chi connectivity index (χ1n) is 9.41. The van der Waals surface area contributed by atoms with E-state index in [4.69, 9.17) is 9.47 Å². The minimum Gasteiger partial charge on any atom is -0.445 e. The van der Waals surface area contributed by atoms with Crippen LogP contribution in [0.2, 0.25) is 0 Å². The molecule has 2 amide bonds. The van der Waals surface area contributed by atoms with Crippen molar-refractivity contribution >= 4 is 12.2 Å². The molecule has 1 aromatic carbocycles. The molecule has 3 saturated heterocycles. The van der Waals surface area contributed by atoms with Crippen molar-refractivity contribution in [1.29, 1.82) is 0 Å². The number of carbonyl (C=O) groups excluding carboxylic acids is 2. The van der Waals surface area contributed by atoms with Gasteiger partial charge < -0.3 is 14.4 Å². The summed E-state index contributed by atoms with van der Waals surface area (Å²) in [7, 11) is 0. The van der Waals surface area contributed by atoms with Crippen LogP contribution in [-0.4, -0.2) is 52.3 Å². The van der Waals surface area contributed by atoms with Gasteiger partial charge in [0.15, 0.2) is 0 Å². The lowest BCUT2D eigenvalue weighted by atomic mass is 9.85. The molecule has 0 spiro atoms. The lowest BCUT2D eigenvalue weighted by Crippen LogP contribution is -2.69. The molecule has 0 N–H and O–H groups in total. The van der Waals surface area contributed by atoms with Gasteiger partial charge in [0, 0.05) is 6.54 Å². The average Bonchev–Trinajstić information content (AvgIpc) is 2.65. The zero-order valence-corrected chi connectivity index (χ0v) is 16.3. The van der Waals surface area contributed by atoms with Gasteiger partial charge in [-0.05, 0) is 39.2 Å². The number of piperidine rings is 2. The monoisotopic (exact) mass is 372 g/mol. The SMILES string of the molecule is C=CC1C2CCC(CN2C(=O)OC(C)(C)C)N1C(=O)OCc1ccccc1. The number of hydrogen-bond acceptors (Lipinski definition) is 4. The van der Waals surface area contributed by atoms with Gasteiger partial charge in [-0.1, -0.05) is 36.4 Å². The number of nitrogens with zero attached hydrogens (tertiary/aromatic N) is 2. The molecule has 3 fully saturated rings. The number of benzene rings is 1. The summed E-state index contributed by atoms with van der Waals surface area (Å²) in [6, 6.07) is 9.10. The normalized spacial score (nSPS) is 24.5. The molecular formula is C21H28N2O4. The van der Waals surface area contributed by atoms with Gasteiger partial charge in [-0.3, -0.25) is 4.90 Å². The fourth-order valence-electron chi connectivity index (χ4n) is 3.85. The van der Waals surface area contributed by atoms with E-state index >= 15 is 0 Å². The highest BCUT2D eigenvalue weighted by molar-refractivity contribution is 5.73. The zero-order chi connectivity index (χ0) is 19.6. The maximum absolute atomic E-state index is 12.8. The molecule has 6 heteroatoms. The van der Waals surface area contributed by atoms with Crippen LogP contribution in [0.5, 0.6) is 0 Å². The van der Waals surface area contributed by atoms with Crippen LogP contribution in [0.3, 0.4) is 0 Å². The van der Waals surface area contributed by atoms with Crippen LogP contribution in [0.4, 0.5) is 9.59 Å². The van der Waals surface area contributed by atoms with Crippen molar-refractivity contribution in [2.45, 2.75) is 63.9 Å². The van der Waals surface area contributed by atoms with E-state index in [1.165, 1.54) is 0 Å². The summed E-state index contributed by atoms with van der Waals surface area (Å²) in [6.07, 6.45) is 2.71. The smallest absolute Gasteiger partial charge is 0.410 e. The van der Waals surface area contributed by atoms with Crippen molar-refractivity contribution in [3.05, 3.63) is 48.6 Å². The largest absolute Gasteiger partial charge is 0.445 e. The molecule has 4 rings (SSSR count). The summed E-state index contributed by atoms with van der Waals surface area (Å²) in [5.41, 5.74) is 0.393. The van der Waals surface area contributed by atoms with E-state index in [1.807, 2.05) is 51.1 Å². The lowest BCUT2D eigenvalue weighted by Gasteiger charge is -2.54. The van der Waals surface area contributed by atoms with Gasteiger partial charge >= 0.3 is 12.2 Å². The van der Waals surface area contributed by atoms with Crippen LogP contribution in [-0.2, 0) is 16.1 Å². The predicted molar refractivity (Wildman–Crippen MR) is 102 cm³/mol. The van der Waals surface area contributed by atoms with Gasteiger partial charge in [0.2, 0.25) is 0 Å². The minimum atomic E-state index is -0.550. The third-order valence-electron chi connectivity index (χ3n) is 5.00. The highest BCUT2D eigenvalue weighted by Crippen LogP contribution is 2.35. The third kappa shape index (κ3) is 4.26. The Bertz CT molecular complexity index is 698. The Kier molecular flexibility index (Phi) is 5.44. The van der Waals surface area contributed by atoms with E-state index in [-0.39, 0.29) is 36.9 Å². The second kappa shape index (κ2) is 7.62. The molecule has 1 aromatic rings. The topological polar surface area (TPSA) is 59.1 Å². The number of fused-ring (bicyclic) bond motifs is 3. The molecule has 3 aliphatic rings. The standard InChI is InChI=1S/C21H28N2O4/c1-5-17-18-12-11-16(13-22(18)19(24)27-21(2,3)4)23(17)20(25)26-14-15-9-7-6-8-10-15/h5-10,16-18H,1,11-14H2,2-4H3. The molecule has 3 atom stereocenters. The first-order valence-corrected chi connectivity index (χ1v) is 9.41. The minimum absolute atomic E-state index is 0.0891. The Morgan fingerprint density at radius 3 is 2.52 bits per heavy atom. The van der Waals surface area contributed by atoms with E-state index in [0.29, 0.717) is 6.54 Å². The Balaban J connectivity index is 1.69. The number of hydrogen-bond donors (Lipinski definition) is 0. The highest BCUT2D eigenvalue weighted by atomic mass is 16.6. The van der Waals surface area contributed by atoms with E-state index in [0.717, 1.165) is 18.4 Å². The Morgan fingerprint density at radius 2 is 1.89 bits per heavy atom. The summed E-state index contributed by atoms with van der Waals surface area (Å²) in [6.45, 7) is 10.1. The van der Waals surface area contributed by atoms with Crippen molar-refractivity contribution in [3.8, 4) is 0 Å². The van der Waals surface area contributed by atoms with Gasteiger partial charge in [-0.25, -0.2) is 9.59 Å². The van der Waals surface area contributed by atoms with Crippen LogP contribution in [0, 0.1) is 0 Å². The fourth-order valence-corrected chi connectivity index (χ4v) is 3.85. The molecule has 27 heavy (non-hydrogen) atoms. The van der Waals surface area contributed by atoms with Crippen LogP contribution >= 0.6 is 0 Å². The van der Waals surface area contributed by atoms with Crippen molar-refractivity contribution in [3.63, 3.8) is 0 Å². The summed E-state index contributed by atoms with van der Waals surface area (Å²) >= 11 is 0. The summed E-state index contributed by atoms with van der Waals surface area (Å²) in [5.74, 6) is 0. The maximum Gasteiger partial charge on any atom is 0.410 e. The van der Waals surface area contributed by atoms with E-state index in [9.17, 15) is 9.59 Å². The van der Waals surface area contributed by atoms with Crippen molar-refractivity contribution in [2.75, 3.05) is 6.54 Å². The van der Waals surface area contributed by atoms with Crippen molar-refractivity contribution < 1.29 is 19.1 Å². The van der Waals surface area contributed by atoms with E-state index < -0.39 is 5.60 Å². The molecule has 146 valence electrons. The second-order valence-electron chi connectivity index (χ2n) is 8.10. The van der Waals surface area contributed by atoms with Gasteiger partial charge in [-0.2, -0.15) is 0 Å². The molecule has 3 unspecified atom stereocenters. The van der Waals surface area contributed by atoms with Gasteiger partial charge in [0.1, 0.15) is 12.2 Å². The van der Waals surface area contributed by atoms with Crippen molar-refractivity contribution in [2.24, 2.45) is 0 Å². The lowest BCUT2D eigenvalue weighted by molar-refractivity contribution is -0.0566. The van der Waals surface area contributed by atoms with Crippen LogP contribution in [0.1, 0.15) is 39.2 Å². The highest BCUT2D eigenvalue weighted by Gasteiger charge is 2.50. The van der Waals surface area contributed by atoms with Crippen LogP contribution in [0.15, 0.2) is 43.0 Å². The van der Waals surface area contributed by atoms with Gasteiger partial charge in [0.05, 0.1) is 18.1 Å². The molecule has 2 bridgehead atoms. The number of rotatable bonds is 3. The first-order chi connectivity index (χ1) is 12.8. The van der Waals surface area contributed by atoms with E-state index in [2.05, 4.69) is 6.58 Å². The molecule has 3 aliphatic heterocycles. The summed E-state index contributed by atoms with van der Waals surface area (Å²) < 4.78 is 11.1. The Morgan fingerprint density at radius 1 is 1.19 bits per heavy atom. The zero-order valence-electron chi connectivity index (χ0n) is 16.3. The first kappa shape index (κ1) is 19.3. The predicted octanol–water partition coefficient (Wildman–Crippen LogP) is 3.96. The number of ether oxygens (including phenoxy) is 2. The molecule has 6 nitrogen and oxygen atoms in total. The summed E-state index contributed by atoms with van der Waals surface area (Å²) in [4.78, 5) is 28.8. The molecule has 0 aliphatic carbocycles. The quantitative estimate of drug-likeness (QED) is 0.754. The number of piperazine rings is 1. The Hall–Kier alpha value is -2.50.